The lowest BCUT2D eigenvalue weighted by Gasteiger charge is -2.22. The molecule has 0 saturated heterocycles. The maximum absolute atomic E-state index is 13.2. The molecule has 2 heterocycles. The van der Waals surface area contributed by atoms with Gasteiger partial charge in [-0.25, -0.2) is 4.98 Å². The predicted octanol–water partition coefficient (Wildman–Crippen LogP) is 4.21. The summed E-state index contributed by atoms with van der Waals surface area (Å²) in [4.78, 5) is 19.1. The molecule has 1 aliphatic heterocycles. The first-order chi connectivity index (χ1) is 12.7. The number of nitriles is 1. The van der Waals surface area contributed by atoms with Crippen molar-refractivity contribution in [2.75, 3.05) is 4.90 Å². The lowest BCUT2D eigenvalue weighted by molar-refractivity contribution is 0.0985. The number of hydrogen-bond acceptors (Lipinski definition) is 4. The van der Waals surface area contributed by atoms with Crippen molar-refractivity contribution in [3.05, 3.63) is 83.0 Å². The van der Waals surface area contributed by atoms with Crippen LogP contribution in [-0.4, -0.2) is 10.9 Å². The first kappa shape index (κ1) is 15.9. The van der Waals surface area contributed by atoms with Gasteiger partial charge in [-0.15, -0.1) is 0 Å². The van der Waals surface area contributed by atoms with E-state index in [1.54, 1.807) is 35.4 Å². The normalized spacial score (nSPS) is 12.5. The molecule has 1 aliphatic rings. The number of hydrogen-bond donors (Lipinski definition) is 0. The van der Waals surface area contributed by atoms with Gasteiger partial charge in [0.25, 0.3) is 5.91 Å². The van der Waals surface area contributed by atoms with Crippen LogP contribution in [0.4, 0.5) is 5.69 Å². The van der Waals surface area contributed by atoms with Crippen molar-refractivity contribution in [3.63, 3.8) is 0 Å². The first-order valence-corrected chi connectivity index (χ1v) is 8.20. The van der Waals surface area contributed by atoms with Crippen molar-refractivity contribution < 1.29 is 9.53 Å². The van der Waals surface area contributed by atoms with Gasteiger partial charge in [0.1, 0.15) is 5.56 Å². The molecule has 126 valence electrons. The minimum atomic E-state index is -0.165. The summed E-state index contributed by atoms with van der Waals surface area (Å²) >= 11 is 0. The van der Waals surface area contributed by atoms with Crippen LogP contribution in [0.15, 0.2) is 60.8 Å². The largest absolute Gasteiger partial charge is 0.436 e. The Hall–Kier alpha value is -3.65. The van der Waals surface area contributed by atoms with Crippen LogP contribution in [-0.2, 0) is 6.54 Å². The maximum atomic E-state index is 13.2. The van der Waals surface area contributed by atoms with Crippen LogP contribution in [0.5, 0.6) is 11.6 Å². The van der Waals surface area contributed by atoms with E-state index in [9.17, 15) is 4.79 Å². The minimum Gasteiger partial charge on any atom is -0.436 e. The molecule has 3 aromatic rings. The maximum Gasteiger partial charge on any atom is 0.264 e. The molecule has 0 N–H and O–H groups in total. The van der Waals surface area contributed by atoms with Gasteiger partial charge in [0, 0.05) is 6.20 Å². The molecule has 1 aromatic heterocycles. The lowest BCUT2D eigenvalue weighted by Crippen LogP contribution is -2.29. The van der Waals surface area contributed by atoms with E-state index < -0.39 is 0 Å². The van der Waals surface area contributed by atoms with Crippen molar-refractivity contribution in [1.82, 2.24) is 4.98 Å². The Labute approximate surface area is 151 Å². The highest BCUT2D eigenvalue weighted by Gasteiger charge is 2.29. The number of aromatic nitrogens is 1. The Morgan fingerprint density at radius 3 is 2.73 bits per heavy atom. The highest BCUT2D eigenvalue weighted by molar-refractivity contribution is 6.09. The fourth-order valence-electron chi connectivity index (χ4n) is 2.94. The SMILES string of the molecule is Cc1ccc2c(c1)N(Cc1ccc(C#N)cc1)C(=O)c1cccnc1O2. The van der Waals surface area contributed by atoms with Crippen molar-refractivity contribution in [2.24, 2.45) is 0 Å². The molecule has 0 aliphatic carbocycles. The summed E-state index contributed by atoms with van der Waals surface area (Å²) in [7, 11) is 0. The molecule has 1 amide bonds. The first-order valence-electron chi connectivity index (χ1n) is 8.20. The second-order valence-corrected chi connectivity index (χ2v) is 6.13. The minimum absolute atomic E-state index is 0.165. The topological polar surface area (TPSA) is 66.2 Å². The molecule has 0 bridgehead atoms. The van der Waals surface area contributed by atoms with Gasteiger partial charge in [0.15, 0.2) is 5.75 Å². The third kappa shape index (κ3) is 2.78. The van der Waals surface area contributed by atoms with E-state index in [1.165, 1.54) is 0 Å². The smallest absolute Gasteiger partial charge is 0.264 e. The molecule has 5 heteroatoms. The summed E-state index contributed by atoms with van der Waals surface area (Å²) in [5, 5.41) is 8.96. The van der Waals surface area contributed by atoms with Crippen LogP contribution in [0.25, 0.3) is 0 Å². The zero-order chi connectivity index (χ0) is 18.1. The van der Waals surface area contributed by atoms with Crippen molar-refractivity contribution in [2.45, 2.75) is 13.5 Å². The molecule has 0 unspecified atom stereocenters. The Bertz CT molecular complexity index is 1040. The number of fused-ring (bicyclic) bond motifs is 2. The molecule has 2 aromatic carbocycles. The Morgan fingerprint density at radius 2 is 1.96 bits per heavy atom. The number of carbonyl (C=O) groups excluding carboxylic acids is 1. The Morgan fingerprint density at radius 1 is 1.15 bits per heavy atom. The summed E-state index contributed by atoms with van der Waals surface area (Å²) in [6, 6.07) is 18.5. The van der Waals surface area contributed by atoms with E-state index in [2.05, 4.69) is 11.1 Å². The highest BCUT2D eigenvalue weighted by Crippen LogP contribution is 2.39. The Kier molecular flexibility index (Phi) is 3.86. The molecule has 0 fully saturated rings. The van der Waals surface area contributed by atoms with E-state index in [-0.39, 0.29) is 5.91 Å². The van der Waals surface area contributed by atoms with Gasteiger partial charge in [-0.2, -0.15) is 5.26 Å². The monoisotopic (exact) mass is 341 g/mol. The summed E-state index contributed by atoms with van der Waals surface area (Å²) < 4.78 is 5.92. The number of pyridine rings is 1. The third-order valence-electron chi connectivity index (χ3n) is 4.28. The molecule has 0 atom stereocenters. The van der Waals surface area contributed by atoms with Crippen LogP contribution in [0.1, 0.15) is 27.0 Å². The van der Waals surface area contributed by atoms with Crippen LogP contribution < -0.4 is 9.64 Å². The molecular weight excluding hydrogens is 326 g/mol. The second kappa shape index (κ2) is 6.34. The second-order valence-electron chi connectivity index (χ2n) is 6.13. The zero-order valence-electron chi connectivity index (χ0n) is 14.1. The fraction of sp³-hybridized carbons (Fsp3) is 0.0952. The summed E-state index contributed by atoms with van der Waals surface area (Å²) in [5.41, 5.74) is 3.68. The van der Waals surface area contributed by atoms with E-state index in [4.69, 9.17) is 10.00 Å². The van der Waals surface area contributed by atoms with E-state index in [0.29, 0.717) is 35.0 Å². The molecule has 5 nitrogen and oxygen atoms in total. The van der Waals surface area contributed by atoms with Gasteiger partial charge in [-0.05, 0) is 54.4 Å². The number of ether oxygens (including phenoxy) is 1. The number of benzene rings is 2. The van der Waals surface area contributed by atoms with E-state index in [0.717, 1.165) is 11.1 Å². The molecule has 0 radical (unpaired) electrons. The zero-order valence-corrected chi connectivity index (χ0v) is 14.1. The lowest BCUT2D eigenvalue weighted by atomic mass is 10.1. The van der Waals surface area contributed by atoms with Gasteiger partial charge in [-0.3, -0.25) is 4.79 Å². The van der Waals surface area contributed by atoms with E-state index >= 15 is 0 Å². The number of aryl methyl sites for hydroxylation is 1. The quantitative estimate of drug-likeness (QED) is 0.700. The fourth-order valence-corrected chi connectivity index (χ4v) is 2.94. The van der Waals surface area contributed by atoms with Crippen molar-refractivity contribution >= 4 is 11.6 Å². The summed E-state index contributed by atoms with van der Waals surface area (Å²) in [6.07, 6.45) is 1.61. The Balaban J connectivity index is 1.81. The van der Waals surface area contributed by atoms with Gasteiger partial charge in [0.2, 0.25) is 5.88 Å². The number of nitrogens with zero attached hydrogens (tertiary/aromatic N) is 3. The van der Waals surface area contributed by atoms with Crippen LogP contribution in [0.2, 0.25) is 0 Å². The van der Waals surface area contributed by atoms with Crippen molar-refractivity contribution in [1.29, 1.82) is 5.26 Å². The third-order valence-corrected chi connectivity index (χ3v) is 4.28. The van der Waals surface area contributed by atoms with Crippen molar-refractivity contribution in [3.8, 4) is 17.7 Å². The van der Waals surface area contributed by atoms with Crippen LogP contribution in [0, 0.1) is 18.3 Å². The van der Waals surface area contributed by atoms with Gasteiger partial charge < -0.3 is 9.64 Å². The standard InChI is InChI=1S/C21H15N3O2/c1-14-4-9-19-18(11-14)24(13-16-7-5-15(12-22)6-8-16)21(25)17-3-2-10-23-20(17)26-19/h2-11H,13H2,1H3. The average molecular weight is 341 g/mol. The average Bonchev–Trinajstić information content (AvgIpc) is 2.78. The molecule has 26 heavy (non-hydrogen) atoms. The highest BCUT2D eigenvalue weighted by atomic mass is 16.5. The predicted molar refractivity (Wildman–Crippen MR) is 97.2 cm³/mol. The summed E-state index contributed by atoms with van der Waals surface area (Å²) in [6.45, 7) is 2.35. The molecular formula is C21H15N3O2. The number of amides is 1. The van der Waals surface area contributed by atoms with Gasteiger partial charge >= 0.3 is 0 Å². The summed E-state index contributed by atoms with van der Waals surface area (Å²) in [5.74, 6) is 0.738. The number of anilines is 1. The van der Waals surface area contributed by atoms with Crippen LogP contribution >= 0.6 is 0 Å². The molecule has 0 spiro atoms. The number of carbonyl (C=O) groups is 1. The van der Waals surface area contributed by atoms with Gasteiger partial charge in [0.05, 0.1) is 23.9 Å². The molecule has 4 rings (SSSR count). The molecule has 0 saturated carbocycles. The van der Waals surface area contributed by atoms with Crippen LogP contribution in [0.3, 0.4) is 0 Å². The van der Waals surface area contributed by atoms with E-state index in [1.807, 2.05) is 37.3 Å². The van der Waals surface area contributed by atoms with Gasteiger partial charge in [-0.1, -0.05) is 18.2 Å². The number of rotatable bonds is 2.